The van der Waals surface area contributed by atoms with Gasteiger partial charge in [-0.1, -0.05) is 26.7 Å². The van der Waals surface area contributed by atoms with Crippen molar-refractivity contribution >= 4 is 0 Å². The maximum Gasteiger partial charge on any atom is 0.0844 e. The van der Waals surface area contributed by atoms with Crippen molar-refractivity contribution in [2.75, 3.05) is 13.2 Å². The van der Waals surface area contributed by atoms with E-state index in [0.717, 1.165) is 12.8 Å². The maximum absolute atomic E-state index is 10.1. The second-order valence-electron chi connectivity index (χ2n) is 3.13. The Hall–Kier alpha value is -0.0800. The molecule has 2 heteroatoms. The summed E-state index contributed by atoms with van der Waals surface area (Å²) >= 11 is 0. The van der Waals surface area contributed by atoms with Crippen LogP contribution in [0.2, 0.25) is 0 Å². The predicted octanol–water partition coefficient (Wildman–Crippen LogP) is 2.79. The van der Waals surface area contributed by atoms with E-state index in [1.807, 2.05) is 0 Å². The van der Waals surface area contributed by atoms with E-state index in [4.69, 9.17) is 4.74 Å². The van der Waals surface area contributed by atoms with Gasteiger partial charge in [-0.25, -0.2) is 5.11 Å². The van der Waals surface area contributed by atoms with Crippen LogP contribution < -0.4 is 0 Å². The second kappa shape index (κ2) is 9.01. The molecule has 0 aromatic rings. The van der Waals surface area contributed by atoms with Gasteiger partial charge in [-0.2, -0.15) is 0 Å². The van der Waals surface area contributed by atoms with Gasteiger partial charge in [-0.15, -0.1) is 0 Å². The van der Waals surface area contributed by atoms with Crippen LogP contribution in [0, 0.1) is 0 Å². The van der Waals surface area contributed by atoms with Gasteiger partial charge in [-0.3, -0.25) is 0 Å². The van der Waals surface area contributed by atoms with Crippen molar-refractivity contribution in [1.29, 1.82) is 0 Å². The molecule has 2 nitrogen and oxygen atoms in total. The highest BCUT2D eigenvalue weighted by Gasteiger charge is 2.05. The Labute approximate surface area is 75.9 Å². The minimum atomic E-state index is -0.00896. The molecule has 0 unspecified atom stereocenters. The number of hydrogen-bond donors (Lipinski definition) is 0. The highest BCUT2D eigenvalue weighted by Crippen LogP contribution is 2.09. The topological polar surface area (TPSA) is 29.1 Å². The van der Waals surface area contributed by atoms with Crippen molar-refractivity contribution in [2.24, 2.45) is 0 Å². The number of hydrogen-bond acceptors (Lipinski definition) is 1. The fraction of sp³-hybridized carbons (Fsp3) is 1.00. The Morgan fingerprint density at radius 1 is 1.17 bits per heavy atom. The summed E-state index contributed by atoms with van der Waals surface area (Å²) in [7, 11) is 0. The summed E-state index contributed by atoms with van der Waals surface area (Å²) in [6, 6.07) is 0. The molecule has 73 valence electrons. The van der Waals surface area contributed by atoms with E-state index in [0.29, 0.717) is 19.1 Å². The molecule has 0 aliphatic carbocycles. The summed E-state index contributed by atoms with van der Waals surface area (Å²) in [4.78, 5) is 0. The van der Waals surface area contributed by atoms with Gasteiger partial charge >= 0.3 is 0 Å². The van der Waals surface area contributed by atoms with Crippen LogP contribution in [0.5, 0.6) is 0 Å². The summed E-state index contributed by atoms with van der Waals surface area (Å²) in [5.41, 5.74) is 0. The van der Waals surface area contributed by atoms with Gasteiger partial charge in [0.1, 0.15) is 0 Å². The van der Waals surface area contributed by atoms with Crippen LogP contribution in [-0.2, 0) is 9.84 Å². The molecule has 0 atom stereocenters. The van der Waals surface area contributed by atoms with Gasteiger partial charge in [0.05, 0.1) is 12.7 Å². The molecule has 0 N–H and O–H groups in total. The molecule has 0 aromatic carbocycles. The van der Waals surface area contributed by atoms with E-state index in [9.17, 15) is 5.11 Å². The molecule has 0 fully saturated rings. The van der Waals surface area contributed by atoms with Crippen molar-refractivity contribution in [3.05, 3.63) is 0 Å². The van der Waals surface area contributed by atoms with E-state index in [1.54, 1.807) is 0 Å². The minimum absolute atomic E-state index is 0.00896. The van der Waals surface area contributed by atoms with Gasteiger partial charge in [0.25, 0.3) is 0 Å². The number of ether oxygens (including phenoxy) is 1. The zero-order valence-electron chi connectivity index (χ0n) is 8.34. The van der Waals surface area contributed by atoms with Crippen molar-refractivity contribution in [3.63, 3.8) is 0 Å². The molecule has 0 amide bonds. The van der Waals surface area contributed by atoms with Crippen LogP contribution in [0.15, 0.2) is 0 Å². The van der Waals surface area contributed by atoms with E-state index in [1.165, 1.54) is 12.8 Å². The summed E-state index contributed by atoms with van der Waals surface area (Å²) in [5.74, 6) is 0. The van der Waals surface area contributed by atoms with E-state index in [2.05, 4.69) is 13.8 Å². The molecule has 0 aliphatic heterocycles. The van der Waals surface area contributed by atoms with E-state index >= 15 is 0 Å². The molecule has 0 saturated heterocycles. The zero-order chi connectivity index (χ0) is 9.23. The van der Waals surface area contributed by atoms with E-state index in [-0.39, 0.29) is 6.61 Å². The van der Waals surface area contributed by atoms with Crippen LogP contribution >= 0.6 is 0 Å². The van der Waals surface area contributed by atoms with Crippen molar-refractivity contribution in [1.82, 2.24) is 0 Å². The smallest absolute Gasteiger partial charge is 0.0844 e. The fourth-order valence-electron chi connectivity index (χ4n) is 1.26. The molecule has 0 aliphatic rings. The molecule has 1 radical (unpaired) electrons. The van der Waals surface area contributed by atoms with Crippen molar-refractivity contribution < 1.29 is 9.84 Å². The van der Waals surface area contributed by atoms with Gasteiger partial charge < -0.3 is 4.74 Å². The molecule has 0 aromatic heterocycles. The highest BCUT2D eigenvalue weighted by molar-refractivity contribution is 4.55. The molecule has 12 heavy (non-hydrogen) atoms. The third-order valence-electron chi connectivity index (χ3n) is 1.86. The third-order valence-corrected chi connectivity index (χ3v) is 1.86. The lowest BCUT2D eigenvalue weighted by Crippen LogP contribution is -2.13. The molecular weight excluding hydrogens is 152 g/mol. The van der Waals surface area contributed by atoms with Gasteiger partial charge in [0.15, 0.2) is 0 Å². The van der Waals surface area contributed by atoms with Crippen molar-refractivity contribution in [3.8, 4) is 0 Å². The Kier molecular flexibility index (Phi) is 8.95. The van der Waals surface area contributed by atoms with Crippen LogP contribution in [0.4, 0.5) is 0 Å². The second-order valence-corrected chi connectivity index (χ2v) is 3.13. The third kappa shape index (κ3) is 6.62. The quantitative estimate of drug-likeness (QED) is 0.519. The SMILES string of the molecule is CCCC(CCC)OCCC[O]. The van der Waals surface area contributed by atoms with Crippen LogP contribution in [0.1, 0.15) is 46.0 Å². The monoisotopic (exact) mass is 173 g/mol. The van der Waals surface area contributed by atoms with Crippen molar-refractivity contribution in [2.45, 2.75) is 52.1 Å². The van der Waals surface area contributed by atoms with Gasteiger partial charge in [0, 0.05) is 6.61 Å². The molecule has 0 heterocycles. The summed E-state index contributed by atoms with van der Waals surface area (Å²) in [6.45, 7) is 4.97. The first-order valence-corrected chi connectivity index (χ1v) is 5.04. The lowest BCUT2D eigenvalue weighted by atomic mass is 10.1. The fourth-order valence-corrected chi connectivity index (χ4v) is 1.26. The Bertz CT molecular complexity index is 77.9. The first-order valence-electron chi connectivity index (χ1n) is 5.04. The molecule has 0 rings (SSSR count). The average Bonchev–Trinajstić information content (AvgIpc) is 2.06. The largest absolute Gasteiger partial charge is 0.378 e. The van der Waals surface area contributed by atoms with Gasteiger partial charge in [-0.05, 0) is 19.3 Å². The average molecular weight is 173 g/mol. The first-order chi connectivity index (χ1) is 5.85. The predicted molar refractivity (Wildman–Crippen MR) is 49.7 cm³/mol. The van der Waals surface area contributed by atoms with Crippen LogP contribution in [0.3, 0.4) is 0 Å². The van der Waals surface area contributed by atoms with Crippen LogP contribution in [0.25, 0.3) is 0 Å². The standard InChI is InChI=1S/C10H21O2/c1-3-6-10(7-4-2)12-9-5-8-11/h10H,3-9H2,1-2H3. The summed E-state index contributed by atoms with van der Waals surface area (Å²) in [6.07, 6.45) is 5.65. The molecule has 0 bridgehead atoms. The van der Waals surface area contributed by atoms with Crippen LogP contribution in [-0.4, -0.2) is 19.3 Å². The first kappa shape index (κ1) is 11.9. The Morgan fingerprint density at radius 2 is 1.75 bits per heavy atom. The lowest BCUT2D eigenvalue weighted by Gasteiger charge is -2.15. The lowest BCUT2D eigenvalue weighted by molar-refractivity contribution is 0.0272. The highest BCUT2D eigenvalue weighted by atomic mass is 16.5. The Morgan fingerprint density at radius 3 is 2.17 bits per heavy atom. The Balaban J connectivity index is 3.34. The van der Waals surface area contributed by atoms with Gasteiger partial charge in [0.2, 0.25) is 0 Å². The maximum atomic E-state index is 10.1. The molecule has 0 spiro atoms. The normalized spacial score (nSPS) is 11.0. The minimum Gasteiger partial charge on any atom is -0.378 e. The molecular formula is C10H21O2. The summed E-state index contributed by atoms with van der Waals surface area (Å²) in [5, 5.41) is 10.1. The molecule has 0 saturated carbocycles. The van der Waals surface area contributed by atoms with E-state index < -0.39 is 0 Å². The zero-order valence-corrected chi connectivity index (χ0v) is 8.34. The number of rotatable bonds is 8. The summed E-state index contributed by atoms with van der Waals surface area (Å²) < 4.78 is 5.56.